The number of pyridine rings is 1. The van der Waals surface area contributed by atoms with Crippen molar-refractivity contribution < 1.29 is 4.79 Å². The number of hydrogen-bond donors (Lipinski definition) is 1. The minimum atomic E-state index is -0.253. The molecule has 0 saturated heterocycles. The summed E-state index contributed by atoms with van der Waals surface area (Å²) < 4.78 is 2.96. The minimum absolute atomic E-state index is 0.253. The molecule has 0 aliphatic heterocycles. The summed E-state index contributed by atoms with van der Waals surface area (Å²) in [6.45, 7) is 0.607. The number of hydrogen-bond acceptors (Lipinski definition) is 5. The van der Waals surface area contributed by atoms with Gasteiger partial charge in [0.05, 0.1) is 11.4 Å². The normalized spacial score (nSPS) is 11.3. The van der Waals surface area contributed by atoms with Gasteiger partial charge in [0.25, 0.3) is 5.91 Å². The number of fused-ring (bicyclic) bond motifs is 1. The number of carbonyl (C=O) groups excluding carboxylic acids is 1. The Balaban J connectivity index is 1.61. The van der Waals surface area contributed by atoms with Gasteiger partial charge in [-0.15, -0.1) is 11.3 Å². The first-order valence-electron chi connectivity index (χ1n) is 8.65. The Labute approximate surface area is 175 Å². The van der Waals surface area contributed by atoms with Gasteiger partial charge in [0.1, 0.15) is 5.65 Å². The third-order valence-electron chi connectivity index (χ3n) is 4.17. The van der Waals surface area contributed by atoms with Gasteiger partial charge in [-0.25, -0.2) is 9.97 Å². The molecule has 0 bridgehead atoms. The molecule has 3 aromatic heterocycles. The Hall–Kier alpha value is -2.55. The zero-order valence-electron chi connectivity index (χ0n) is 15.4. The fourth-order valence-corrected chi connectivity index (χ4v) is 3.90. The fourth-order valence-electron chi connectivity index (χ4n) is 2.92. The Bertz CT molecular complexity index is 1130. The number of aromatic nitrogens is 3. The van der Waals surface area contributed by atoms with Gasteiger partial charge < -0.3 is 9.30 Å². The van der Waals surface area contributed by atoms with Crippen molar-refractivity contribution in [1.82, 2.24) is 19.3 Å². The van der Waals surface area contributed by atoms with E-state index in [4.69, 9.17) is 0 Å². The van der Waals surface area contributed by atoms with Crippen molar-refractivity contribution in [2.24, 2.45) is 0 Å². The van der Waals surface area contributed by atoms with Crippen LogP contribution in [-0.2, 0) is 6.54 Å². The van der Waals surface area contributed by atoms with E-state index in [0.29, 0.717) is 17.4 Å². The Kier molecular flexibility index (Phi) is 5.25. The van der Waals surface area contributed by atoms with E-state index in [2.05, 4.69) is 31.2 Å². The lowest BCUT2D eigenvalue weighted by molar-refractivity contribution is 0.102. The summed E-state index contributed by atoms with van der Waals surface area (Å²) in [5, 5.41) is 5.38. The predicted octanol–water partition coefficient (Wildman–Crippen LogP) is 4.53. The van der Waals surface area contributed by atoms with Gasteiger partial charge in [-0.2, -0.15) is 0 Å². The number of carbonyl (C=O) groups is 1. The first kappa shape index (κ1) is 18.8. The first-order valence-corrected chi connectivity index (χ1v) is 10.3. The summed E-state index contributed by atoms with van der Waals surface area (Å²) in [7, 11) is 3.94. The maximum atomic E-state index is 12.9. The molecule has 0 aliphatic carbocycles. The van der Waals surface area contributed by atoms with Crippen LogP contribution in [0.4, 0.5) is 5.13 Å². The van der Waals surface area contributed by atoms with Crippen LogP contribution in [-0.4, -0.2) is 39.3 Å². The van der Waals surface area contributed by atoms with E-state index in [-0.39, 0.29) is 5.91 Å². The highest BCUT2D eigenvalue weighted by Gasteiger charge is 2.20. The fraction of sp³-hybridized carbons (Fsp3) is 0.150. The number of nitrogens with zero attached hydrogens (tertiary/aromatic N) is 4. The summed E-state index contributed by atoms with van der Waals surface area (Å²) in [6, 6.07) is 13.7. The van der Waals surface area contributed by atoms with Crippen molar-refractivity contribution in [3.63, 3.8) is 0 Å². The van der Waals surface area contributed by atoms with E-state index in [1.165, 1.54) is 11.3 Å². The molecule has 0 fully saturated rings. The minimum Gasteiger partial charge on any atom is -0.304 e. The van der Waals surface area contributed by atoms with E-state index >= 15 is 0 Å². The second-order valence-corrected chi connectivity index (χ2v) is 8.35. The number of benzene rings is 1. The third kappa shape index (κ3) is 3.84. The average Bonchev–Trinajstić information content (AvgIpc) is 3.27. The van der Waals surface area contributed by atoms with Gasteiger partial charge in [-0.1, -0.05) is 34.1 Å². The van der Waals surface area contributed by atoms with Crippen molar-refractivity contribution >= 4 is 44.0 Å². The molecule has 0 radical (unpaired) electrons. The van der Waals surface area contributed by atoms with Crippen molar-refractivity contribution in [2.45, 2.75) is 6.54 Å². The lowest BCUT2D eigenvalue weighted by atomic mass is 10.2. The van der Waals surface area contributed by atoms with E-state index < -0.39 is 0 Å². The number of halogens is 1. The summed E-state index contributed by atoms with van der Waals surface area (Å²) in [4.78, 5) is 24.0. The maximum absolute atomic E-state index is 12.9. The SMILES string of the molecule is CN(C)Cc1c(C(=O)Nc2nc(-c3ccc(Br)cc3)cs2)nc2ccccn12. The molecule has 8 heteroatoms. The van der Waals surface area contributed by atoms with Gasteiger partial charge in [0.15, 0.2) is 10.8 Å². The van der Waals surface area contributed by atoms with Gasteiger partial charge in [0.2, 0.25) is 0 Å². The quantitative estimate of drug-likeness (QED) is 0.479. The molecular weight excluding hydrogens is 438 g/mol. The van der Waals surface area contributed by atoms with E-state index in [1.807, 2.05) is 77.4 Å². The Morgan fingerprint density at radius 2 is 1.96 bits per heavy atom. The van der Waals surface area contributed by atoms with Crippen LogP contribution in [0.2, 0.25) is 0 Å². The number of imidazole rings is 1. The lowest BCUT2D eigenvalue weighted by Gasteiger charge is -2.10. The van der Waals surface area contributed by atoms with Crippen LogP contribution in [0.1, 0.15) is 16.2 Å². The zero-order valence-corrected chi connectivity index (χ0v) is 17.8. The lowest BCUT2D eigenvalue weighted by Crippen LogP contribution is -2.19. The summed E-state index contributed by atoms with van der Waals surface area (Å²) in [5.41, 5.74) is 3.85. The van der Waals surface area contributed by atoms with Gasteiger partial charge >= 0.3 is 0 Å². The van der Waals surface area contributed by atoms with Crippen LogP contribution >= 0.6 is 27.3 Å². The Morgan fingerprint density at radius 1 is 1.18 bits per heavy atom. The number of nitrogens with one attached hydrogen (secondary N) is 1. The second-order valence-electron chi connectivity index (χ2n) is 6.57. The third-order valence-corrected chi connectivity index (χ3v) is 5.46. The van der Waals surface area contributed by atoms with Crippen molar-refractivity contribution in [3.8, 4) is 11.3 Å². The standard InChI is InChI=1S/C20H18BrN5OS/c1-25(2)11-16-18(23-17-5-3-4-10-26(16)17)19(27)24-20-22-15(12-28-20)13-6-8-14(21)9-7-13/h3-10,12H,11H2,1-2H3,(H,22,24,27). The van der Waals surface area contributed by atoms with Crippen LogP contribution < -0.4 is 5.32 Å². The average molecular weight is 456 g/mol. The smallest absolute Gasteiger partial charge is 0.278 e. The molecule has 0 spiro atoms. The molecule has 0 unspecified atom stereocenters. The van der Waals surface area contributed by atoms with Crippen LogP contribution in [0.15, 0.2) is 58.5 Å². The molecule has 1 N–H and O–H groups in total. The molecular formula is C20H18BrN5OS. The number of rotatable bonds is 5. The molecule has 4 rings (SSSR count). The van der Waals surface area contributed by atoms with Crippen molar-refractivity contribution in [1.29, 1.82) is 0 Å². The molecule has 142 valence electrons. The van der Waals surface area contributed by atoms with E-state index in [1.54, 1.807) is 0 Å². The number of anilines is 1. The highest BCUT2D eigenvalue weighted by atomic mass is 79.9. The molecule has 0 aliphatic rings. The zero-order chi connectivity index (χ0) is 19.7. The largest absolute Gasteiger partial charge is 0.304 e. The number of thiazole rings is 1. The second kappa shape index (κ2) is 7.83. The maximum Gasteiger partial charge on any atom is 0.278 e. The number of amides is 1. The van der Waals surface area contributed by atoms with E-state index in [9.17, 15) is 4.79 Å². The highest BCUT2D eigenvalue weighted by Crippen LogP contribution is 2.26. The van der Waals surface area contributed by atoms with Crippen LogP contribution in [0.5, 0.6) is 0 Å². The highest BCUT2D eigenvalue weighted by molar-refractivity contribution is 9.10. The van der Waals surface area contributed by atoms with Crippen molar-refractivity contribution in [2.75, 3.05) is 19.4 Å². The van der Waals surface area contributed by atoms with Crippen LogP contribution in [0.3, 0.4) is 0 Å². The molecule has 1 aromatic carbocycles. The van der Waals surface area contributed by atoms with Gasteiger partial charge in [-0.3, -0.25) is 10.1 Å². The Morgan fingerprint density at radius 3 is 2.71 bits per heavy atom. The molecule has 6 nitrogen and oxygen atoms in total. The molecule has 1 amide bonds. The monoisotopic (exact) mass is 455 g/mol. The molecule has 3 heterocycles. The predicted molar refractivity (Wildman–Crippen MR) is 116 cm³/mol. The van der Waals surface area contributed by atoms with Crippen LogP contribution in [0, 0.1) is 0 Å². The summed E-state index contributed by atoms with van der Waals surface area (Å²) in [5.74, 6) is -0.253. The van der Waals surface area contributed by atoms with E-state index in [0.717, 1.165) is 27.1 Å². The van der Waals surface area contributed by atoms with Gasteiger partial charge in [0, 0.05) is 28.2 Å². The molecule has 0 saturated carbocycles. The molecule has 28 heavy (non-hydrogen) atoms. The molecule has 4 aromatic rings. The summed E-state index contributed by atoms with van der Waals surface area (Å²) in [6.07, 6.45) is 1.92. The topological polar surface area (TPSA) is 62.5 Å². The summed E-state index contributed by atoms with van der Waals surface area (Å²) >= 11 is 4.83. The molecule has 0 atom stereocenters. The van der Waals surface area contributed by atoms with Gasteiger partial charge in [-0.05, 0) is 38.4 Å². The van der Waals surface area contributed by atoms with Crippen LogP contribution in [0.25, 0.3) is 16.9 Å². The first-order chi connectivity index (χ1) is 13.5. The van der Waals surface area contributed by atoms with Crippen molar-refractivity contribution in [3.05, 3.63) is 69.9 Å².